The van der Waals surface area contributed by atoms with Gasteiger partial charge < -0.3 is 5.73 Å². The normalized spacial score (nSPS) is 19.4. The zero-order chi connectivity index (χ0) is 10.4. The zero-order valence-corrected chi connectivity index (χ0v) is 9.30. The minimum atomic E-state index is -0.0950. The first-order chi connectivity index (χ1) is 6.46. The lowest BCUT2D eigenvalue weighted by Gasteiger charge is -2.31. The Morgan fingerprint density at radius 1 is 1.14 bits per heavy atom. The van der Waals surface area contributed by atoms with Crippen molar-refractivity contribution in [1.82, 2.24) is 0 Å². The first-order valence-electron chi connectivity index (χ1n) is 5.32. The fourth-order valence-electron chi connectivity index (χ4n) is 2.30. The Bertz CT molecular complexity index is 325. The summed E-state index contributed by atoms with van der Waals surface area (Å²) in [6.45, 7) is 6.40. The average molecular weight is 189 g/mol. The molecule has 0 atom stereocenters. The Morgan fingerprint density at radius 2 is 1.64 bits per heavy atom. The molecule has 1 nitrogen and oxygen atoms in total. The van der Waals surface area contributed by atoms with Gasteiger partial charge >= 0.3 is 0 Å². The molecule has 14 heavy (non-hydrogen) atoms. The largest absolute Gasteiger partial charge is 0.325 e. The Morgan fingerprint density at radius 3 is 2.00 bits per heavy atom. The van der Waals surface area contributed by atoms with E-state index >= 15 is 0 Å². The molecule has 0 amide bonds. The van der Waals surface area contributed by atoms with Gasteiger partial charge in [0, 0.05) is 11.0 Å². The van der Waals surface area contributed by atoms with E-state index in [0.717, 1.165) is 0 Å². The second kappa shape index (κ2) is 2.83. The maximum Gasteiger partial charge on any atom is 0.0195 e. The monoisotopic (exact) mass is 189 g/mol. The molecule has 0 spiro atoms. The predicted molar refractivity (Wildman–Crippen MR) is 60.4 cm³/mol. The van der Waals surface area contributed by atoms with Gasteiger partial charge in [-0.15, -0.1) is 0 Å². The number of benzene rings is 1. The van der Waals surface area contributed by atoms with E-state index in [4.69, 9.17) is 5.73 Å². The Balaban J connectivity index is 2.36. The maximum absolute atomic E-state index is 6.25. The number of rotatable bonds is 2. The van der Waals surface area contributed by atoms with E-state index in [1.807, 2.05) is 0 Å². The number of hydrogen-bond donors (Lipinski definition) is 1. The van der Waals surface area contributed by atoms with Gasteiger partial charge in [0.05, 0.1) is 0 Å². The van der Waals surface area contributed by atoms with Gasteiger partial charge in [0.15, 0.2) is 0 Å². The molecule has 2 rings (SSSR count). The van der Waals surface area contributed by atoms with Crippen LogP contribution in [0.4, 0.5) is 0 Å². The summed E-state index contributed by atoms with van der Waals surface area (Å²) in [5.41, 5.74) is 9.13. The molecule has 2 N–H and O–H groups in total. The molecule has 1 aliphatic rings. The molecule has 76 valence electrons. The third-order valence-electron chi connectivity index (χ3n) is 3.59. The van der Waals surface area contributed by atoms with Crippen LogP contribution in [0.25, 0.3) is 0 Å². The second-order valence-corrected chi connectivity index (χ2v) is 5.17. The fraction of sp³-hybridized carbons (Fsp3) is 0.538. The Kier molecular flexibility index (Phi) is 1.97. The quantitative estimate of drug-likeness (QED) is 0.760. The fourth-order valence-corrected chi connectivity index (χ4v) is 2.30. The summed E-state index contributed by atoms with van der Waals surface area (Å²) in [5, 5.41) is 0. The molecule has 1 aromatic rings. The molecule has 0 bridgehead atoms. The van der Waals surface area contributed by atoms with Crippen molar-refractivity contribution in [2.24, 2.45) is 5.73 Å². The molecule has 0 aliphatic heterocycles. The molecular weight excluding hydrogens is 170 g/mol. The first kappa shape index (κ1) is 9.72. The van der Waals surface area contributed by atoms with Gasteiger partial charge in [0.2, 0.25) is 0 Å². The van der Waals surface area contributed by atoms with Crippen LogP contribution in [0.1, 0.15) is 37.8 Å². The molecule has 0 saturated heterocycles. The van der Waals surface area contributed by atoms with Crippen molar-refractivity contribution in [2.75, 3.05) is 0 Å². The SMILES string of the molecule is Cc1ccc(C2(C(C)(C)N)CC2)cc1. The minimum absolute atomic E-state index is 0.0950. The molecule has 1 heteroatoms. The van der Waals surface area contributed by atoms with Crippen molar-refractivity contribution in [3.05, 3.63) is 35.4 Å². The van der Waals surface area contributed by atoms with Crippen LogP contribution in [0.5, 0.6) is 0 Å². The van der Waals surface area contributed by atoms with E-state index in [-0.39, 0.29) is 11.0 Å². The van der Waals surface area contributed by atoms with Gasteiger partial charge in [-0.2, -0.15) is 0 Å². The third-order valence-corrected chi connectivity index (χ3v) is 3.59. The van der Waals surface area contributed by atoms with Crippen LogP contribution in [0, 0.1) is 6.92 Å². The smallest absolute Gasteiger partial charge is 0.0195 e. The highest BCUT2D eigenvalue weighted by Crippen LogP contribution is 2.54. The summed E-state index contributed by atoms with van der Waals surface area (Å²) in [4.78, 5) is 0. The van der Waals surface area contributed by atoms with Gasteiger partial charge in [-0.3, -0.25) is 0 Å². The molecule has 1 saturated carbocycles. The summed E-state index contributed by atoms with van der Waals surface area (Å²) in [5.74, 6) is 0. The third kappa shape index (κ3) is 1.36. The van der Waals surface area contributed by atoms with Crippen molar-refractivity contribution in [2.45, 2.75) is 44.6 Å². The summed E-state index contributed by atoms with van der Waals surface area (Å²) in [6.07, 6.45) is 2.47. The van der Waals surface area contributed by atoms with Crippen molar-refractivity contribution >= 4 is 0 Å². The van der Waals surface area contributed by atoms with E-state index < -0.39 is 0 Å². The molecule has 0 aromatic heterocycles. The summed E-state index contributed by atoms with van der Waals surface area (Å²) < 4.78 is 0. The molecular formula is C13H19N. The van der Waals surface area contributed by atoms with Crippen LogP contribution < -0.4 is 5.73 Å². The van der Waals surface area contributed by atoms with Gasteiger partial charge in [-0.05, 0) is 39.2 Å². The maximum atomic E-state index is 6.25. The van der Waals surface area contributed by atoms with Crippen molar-refractivity contribution in [3.8, 4) is 0 Å². The highest BCUT2D eigenvalue weighted by atomic mass is 14.8. The average Bonchev–Trinajstić information content (AvgIpc) is 2.84. The van der Waals surface area contributed by atoms with E-state index in [0.29, 0.717) is 0 Å². The van der Waals surface area contributed by atoms with E-state index in [9.17, 15) is 0 Å². The summed E-state index contributed by atoms with van der Waals surface area (Å²) in [6, 6.07) is 8.83. The molecule has 1 fully saturated rings. The van der Waals surface area contributed by atoms with E-state index in [1.54, 1.807) is 0 Å². The lowest BCUT2D eigenvalue weighted by atomic mass is 9.79. The van der Waals surface area contributed by atoms with Crippen LogP contribution >= 0.6 is 0 Å². The summed E-state index contributed by atoms with van der Waals surface area (Å²) >= 11 is 0. The topological polar surface area (TPSA) is 26.0 Å². The lowest BCUT2D eigenvalue weighted by molar-refractivity contribution is 0.391. The molecule has 0 unspecified atom stereocenters. The highest BCUT2D eigenvalue weighted by molar-refractivity contribution is 5.37. The van der Waals surface area contributed by atoms with Crippen molar-refractivity contribution < 1.29 is 0 Å². The molecule has 0 heterocycles. The molecule has 0 radical (unpaired) electrons. The van der Waals surface area contributed by atoms with Crippen molar-refractivity contribution in [1.29, 1.82) is 0 Å². The standard InChI is InChI=1S/C13H19N/c1-10-4-6-11(7-5-10)13(8-9-13)12(2,3)14/h4-7H,8-9,14H2,1-3H3. The van der Waals surface area contributed by atoms with E-state index in [1.165, 1.54) is 24.0 Å². The minimum Gasteiger partial charge on any atom is -0.325 e. The van der Waals surface area contributed by atoms with E-state index in [2.05, 4.69) is 45.0 Å². The van der Waals surface area contributed by atoms with Gasteiger partial charge in [-0.25, -0.2) is 0 Å². The second-order valence-electron chi connectivity index (χ2n) is 5.17. The lowest BCUT2D eigenvalue weighted by Crippen LogP contribution is -2.45. The Labute approximate surface area is 86.3 Å². The number of nitrogens with two attached hydrogens (primary N) is 1. The van der Waals surface area contributed by atoms with Crippen molar-refractivity contribution in [3.63, 3.8) is 0 Å². The number of hydrogen-bond acceptors (Lipinski definition) is 1. The summed E-state index contributed by atoms with van der Waals surface area (Å²) in [7, 11) is 0. The zero-order valence-electron chi connectivity index (χ0n) is 9.30. The van der Waals surface area contributed by atoms with Crippen LogP contribution in [0.2, 0.25) is 0 Å². The van der Waals surface area contributed by atoms with Gasteiger partial charge in [0.1, 0.15) is 0 Å². The van der Waals surface area contributed by atoms with Crippen LogP contribution in [-0.4, -0.2) is 5.54 Å². The molecule has 1 aromatic carbocycles. The van der Waals surface area contributed by atoms with Crippen LogP contribution in [0.15, 0.2) is 24.3 Å². The first-order valence-corrected chi connectivity index (χ1v) is 5.32. The predicted octanol–water partition coefficient (Wildman–Crippen LogP) is 2.76. The van der Waals surface area contributed by atoms with Crippen LogP contribution in [0.3, 0.4) is 0 Å². The van der Waals surface area contributed by atoms with Gasteiger partial charge in [-0.1, -0.05) is 29.8 Å². The highest BCUT2D eigenvalue weighted by Gasteiger charge is 2.53. The van der Waals surface area contributed by atoms with Gasteiger partial charge in [0.25, 0.3) is 0 Å². The Hall–Kier alpha value is -0.820. The number of aryl methyl sites for hydroxylation is 1. The van der Waals surface area contributed by atoms with Crippen LogP contribution in [-0.2, 0) is 5.41 Å². The molecule has 1 aliphatic carbocycles.